The number of rotatable bonds is 6. The minimum absolute atomic E-state index is 0.0173. The van der Waals surface area contributed by atoms with Crippen molar-refractivity contribution in [3.8, 4) is 0 Å². The molecule has 0 atom stereocenters. The Morgan fingerprint density at radius 2 is 2.10 bits per heavy atom. The molecule has 2 rings (SSSR count). The molecule has 0 spiro atoms. The van der Waals surface area contributed by atoms with E-state index in [2.05, 4.69) is 4.72 Å². The highest BCUT2D eigenvalue weighted by Crippen LogP contribution is 2.23. The lowest BCUT2D eigenvalue weighted by atomic mass is 10.2. The average molecular weight is 311 g/mol. The Bertz CT molecular complexity index is 721. The summed E-state index contributed by atoms with van der Waals surface area (Å²) in [5, 5.41) is 9.00. The van der Waals surface area contributed by atoms with Crippen LogP contribution in [0.25, 0.3) is 0 Å². The third kappa shape index (κ3) is 3.63. The fourth-order valence-corrected chi connectivity index (χ4v) is 3.22. The third-order valence-corrected chi connectivity index (χ3v) is 4.35. The predicted octanol–water partition coefficient (Wildman–Crippen LogP) is 2.03. The average Bonchev–Trinajstić information content (AvgIpc) is 2.81. The van der Waals surface area contributed by atoms with E-state index in [-0.39, 0.29) is 23.0 Å². The van der Waals surface area contributed by atoms with Gasteiger partial charge in [-0.15, -0.1) is 0 Å². The van der Waals surface area contributed by atoms with Crippen molar-refractivity contribution in [1.29, 1.82) is 0 Å². The van der Waals surface area contributed by atoms with Gasteiger partial charge in [-0.1, -0.05) is 12.1 Å². The molecule has 0 amide bonds. The molecular weight excluding hydrogens is 294 g/mol. The molecule has 114 valence electrons. The van der Waals surface area contributed by atoms with E-state index in [9.17, 15) is 8.42 Å². The molecule has 0 unspecified atom stereocenters. The quantitative estimate of drug-likeness (QED) is 0.852. The van der Waals surface area contributed by atoms with Crippen LogP contribution in [0.3, 0.4) is 0 Å². The van der Waals surface area contributed by atoms with Crippen LogP contribution in [0.4, 0.5) is 5.69 Å². The molecule has 1 heterocycles. The van der Waals surface area contributed by atoms with Crippen molar-refractivity contribution in [3.63, 3.8) is 0 Å². The molecule has 0 saturated carbocycles. The van der Waals surface area contributed by atoms with Crippen LogP contribution >= 0.6 is 0 Å². The van der Waals surface area contributed by atoms with Crippen LogP contribution in [0.5, 0.6) is 0 Å². The summed E-state index contributed by atoms with van der Waals surface area (Å²) in [6, 6.07) is 8.25. The zero-order chi connectivity index (χ0) is 15.5. The second-order valence-corrected chi connectivity index (χ2v) is 6.18. The lowest BCUT2D eigenvalue weighted by Gasteiger charge is -2.08. The Kier molecular flexibility index (Phi) is 4.66. The van der Waals surface area contributed by atoms with E-state index < -0.39 is 10.0 Å². The number of aryl methyl sites for hydroxylation is 1. The van der Waals surface area contributed by atoms with E-state index in [1.165, 1.54) is 13.0 Å². The molecule has 0 aliphatic carbocycles. The second kappa shape index (κ2) is 6.30. The highest BCUT2D eigenvalue weighted by atomic mass is 32.2. The van der Waals surface area contributed by atoms with Crippen molar-refractivity contribution in [2.45, 2.75) is 25.0 Å². The monoisotopic (exact) mass is 311 g/mol. The number of hydrogen-bond donors (Lipinski definition) is 2. The van der Waals surface area contributed by atoms with E-state index in [4.69, 9.17) is 14.3 Å². The number of furan rings is 1. The Hall–Kier alpha value is -1.83. The van der Waals surface area contributed by atoms with Gasteiger partial charge in [0.2, 0.25) is 0 Å². The Balaban J connectivity index is 2.28. The maximum atomic E-state index is 12.3. The molecule has 0 radical (unpaired) electrons. The summed E-state index contributed by atoms with van der Waals surface area (Å²) >= 11 is 0. The highest BCUT2D eigenvalue weighted by Gasteiger charge is 2.21. The minimum atomic E-state index is -3.76. The van der Waals surface area contributed by atoms with Gasteiger partial charge in [0.15, 0.2) is 0 Å². The van der Waals surface area contributed by atoms with E-state index in [1.54, 1.807) is 25.3 Å². The Morgan fingerprint density at radius 3 is 2.71 bits per heavy atom. The number of benzene rings is 1. The van der Waals surface area contributed by atoms with Crippen LogP contribution in [0.1, 0.15) is 17.1 Å². The van der Waals surface area contributed by atoms with E-state index >= 15 is 0 Å². The summed E-state index contributed by atoms with van der Waals surface area (Å²) < 4.78 is 37.3. The first-order valence-corrected chi connectivity index (χ1v) is 7.75. The van der Waals surface area contributed by atoms with Gasteiger partial charge in [-0.2, -0.15) is 0 Å². The van der Waals surface area contributed by atoms with Crippen LogP contribution in [-0.4, -0.2) is 20.6 Å². The summed E-state index contributed by atoms with van der Waals surface area (Å²) in [4.78, 5) is 0.0173. The molecular formula is C14H17NO5S. The Morgan fingerprint density at radius 1 is 1.33 bits per heavy atom. The van der Waals surface area contributed by atoms with Crippen molar-refractivity contribution in [3.05, 3.63) is 47.4 Å². The number of hydrogen-bond acceptors (Lipinski definition) is 5. The van der Waals surface area contributed by atoms with Gasteiger partial charge in [0.05, 0.1) is 6.61 Å². The topological polar surface area (TPSA) is 88.8 Å². The van der Waals surface area contributed by atoms with Crippen LogP contribution in [-0.2, 0) is 28.0 Å². The van der Waals surface area contributed by atoms with Crippen molar-refractivity contribution in [1.82, 2.24) is 0 Å². The third-order valence-electron chi connectivity index (χ3n) is 2.86. The molecule has 0 bridgehead atoms. The summed E-state index contributed by atoms with van der Waals surface area (Å²) in [6.07, 6.45) is 0. The van der Waals surface area contributed by atoms with Gasteiger partial charge in [-0.3, -0.25) is 4.72 Å². The molecule has 0 aliphatic rings. The number of nitrogens with one attached hydrogen (secondary N) is 1. The smallest absolute Gasteiger partial charge is 0.265 e. The van der Waals surface area contributed by atoms with Crippen LogP contribution in [0, 0.1) is 6.92 Å². The van der Waals surface area contributed by atoms with Crippen LogP contribution in [0.2, 0.25) is 0 Å². The summed E-state index contributed by atoms with van der Waals surface area (Å²) in [5.41, 5.74) is 1.30. The van der Waals surface area contributed by atoms with E-state index in [1.807, 2.05) is 6.07 Å². The van der Waals surface area contributed by atoms with Gasteiger partial charge in [0, 0.05) is 18.9 Å². The van der Waals surface area contributed by atoms with Gasteiger partial charge in [-0.05, 0) is 24.6 Å². The van der Waals surface area contributed by atoms with Gasteiger partial charge >= 0.3 is 0 Å². The van der Waals surface area contributed by atoms with Crippen molar-refractivity contribution in [2.24, 2.45) is 0 Å². The highest BCUT2D eigenvalue weighted by molar-refractivity contribution is 7.92. The standard InChI is InChI=1S/C14H17NO5S/c1-10-14(7-13(8-16)20-10)21(17,18)15-12-5-3-4-11(6-12)9-19-2/h3-7,15-16H,8-9H2,1-2H3. The largest absolute Gasteiger partial charge is 0.462 e. The number of sulfonamides is 1. The van der Waals surface area contributed by atoms with Crippen LogP contribution < -0.4 is 4.72 Å². The van der Waals surface area contributed by atoms with Crippen LogP contribution in [0.15, 0.2) is 39.6 Å². The molecule has 0 saturated heterocycles. The molecule has 6 nitrogen and oxygen atoms in total. The van der Waals surface area contributed by atoms with E-state index in [0.717, 1.165) is 5.56 Å². The van der Waals surface area contributed by atoms with Crippen molar-refractivity contribution < 1.29 is 22.7 Å². The van der Waals surface area contributed by atoms with Gasteiger partial charge < -0.3 is 14.3 Å². The maximum Gasteiger partial charge on any atom is 0.265 e. The summed E-state index contributed by atoms with van der Waals surface area (Å²) in [7, 11) is -2.19. The molecule has 2 N–H and O–H groups in total. The zero-order valence-corrected chi connectivity index (χ0v) is 12.6. The zero-order valence-electron chi connectivity index (χ0n) is 11.8. The first-order chi connectivity index (χ1) is 9.96. The lowest BCUT2D eigenvalue weighted by molar-refractivity contribution is 0.185. The first-order valence-electron chi connectivity index (χ1n) is 6.27. The minimum Gasteiger partial charge on any atom is -0.462 e. The molecule has 2 aromatic rings. The lowest BCUT2D eigenvalue weighted by Crippen LogP contribution is -2.13. The molecule has 1 aromatic heterocycles. The normalized spacial score (nSPS) is 11.6. The molecule has 7 heteroatoms. The molecule has 21 heavy (non-hydrogen) atoms. The molecule has 0 fully saturated rings. The van der Waals surface area contributed by atoms with Gasteiger partial charge in [0.25, 0.3) is 10.0 Å². The fraction of sp³-hybridized carbons (Fsp3) is 0.286. The number of ether oxygens (including phenoxy) is 1. The van der Waals surface area contributed by atoms with Gasteiger partial charge in [0.1, 0.15) is 23.0 Å². The fourth-order valence-electron chi connectivity index (χ4n) is 1.97. The summed E-state index contributed by atoms with van der Waals surface area (Å²) in [5.74, 6) is 0.445. The number of anilines is 1. The molecule has 1 aromatic carbocycles. The molecule has 0 aliphatic heterocycles. The number of aliphatic hydroxyl groups excluding tert-OH is 1. The second-order valence-electron chi connectivity index (χ2n) is 4.53. The Labute approximate surface area is 123 Å². The van der Waals surface area contributed by atoms with Gasteiger partial charge in [-0.25, -0.2) is 8.42 Å². The van der Waals surface area contributed by atoms with Crippen molar-refractivity contribution in [2.75, 3.05) is 11.8 Å². The van der Waals surface area contributed by atoms with Crippen molar-refractivity contribution >= 4 is 15.7 Å². The predicted molar refractivity (Wildman–Crippen MR) is 77.3 cm³/mol. The SMILES string of the molecule is COCc1cccc(NS(=O)(=O)c2cc(CO)oc2C)c1. The summed E-state index contributed by atoms with van der Waals surface area (Å²) in [6.45, 7) is 1.59. The van der Waals surface area contributed by atoms with E-state index in [0.29, 0.717) is 12.3 Å². The number of methoxy groups -OCH3 is 1. The maximum absolute atomic E-state index is 12.3. The number of aliphatic hydroxyl groups is 1. The first kappa shape index (κ1) is 15.6.